The van der Waals surface area contributed by atoms with Crippen LogP contribution in [0.4, 0.5) is 4.79 Å². The number of benzene rings is 2. The number of amides is 3. The highest BCUT2D eigenvalue weighted by Gasteiger charge is 2.32. The minimum absolute atomic E-state index is 0.181. The minimum Gasteiger partial charge on any atom is -0.488 e. The first-order chi connectivity index (χ1) is 13.4. The second-order valence-electron chi connectivity index (χ2n) is 6.01. The van der Waals surface area contributed by atoms with Gasteiger partial charge in [0.1, 0.15) is 18.1 Å². The van der Waals surface area contributed by atoms with Crippen LogP contribution in [0.15, 0.2) is 52.6 Å². The van der Waals surface area contributed by atoms with Gasteiger partial charge >= 0.3 is 12.0 Å². The van der Waals surface area contributed by atoms with E-state index in [1.165, 1.54) is 12.1 Å². The number of urea groups is 1. The fourth-order valence-corrected chi connectivity index (χ4v) is 3.06. The van der Waals surface area contributed by atoms with Gasteiger partial charge in [-0.25, -0.2) is 9.59 Å². The van der Waals surface area contributed by atoms with Crippen molar-refractivity contribution in [3.63, 3.8) is 0 Å². The van der Waals surface area contributed by atoms with E-state index in [-0.39, 0.29) is 30.3 Å². The maximum absolute atomic E-state index is 12.3. The molecule has 0 radical (unpaired) electrons. The number of carboxylic acids is 1. The standard InChI is InChI=1S/C20H17BrN2O5/c1-2-23-18(24)16(22-20(23)27)10-14-9-15(21)7-8-17(14)28-11-12-3-5-13(6-4-12)19(25)26/h3-10H,2,11H2,1H3,(H,22,27)(H,25,26)/b16-10-. The van der Waals surface area contributed by atoms with Crippen molar-refractivity contribution in [2.45, 2.75) is 13.5 Å². The van der Waals surface area contributed by atoms with Crippen LogP contribution < -0.4 is 10.1 Å². The Hall–Kier alpha value is -3.13. The number of nitrogens with zero attached hydrogens (tertiary/aromatic N) is 1. The van der Waals surface area contributed by atoms with Gasteiger partial charge in [-0.1, -0.05) is 28.1 Å². The molecule has 0 bridgehead atoms. The van der Waals surface area contributed by atoms with E-state index in [0.717, 1.165) is 14.9 Å². The van der Waals surface area contributed by atoms with Crippen LogP contribution in [0.3, 0.4) is 0 Å². The smallest absolute Gasteiger partial charge is 0.335 e. The van der Waals surface area contributed by atoms with Crippen molar-refractivity contribution >= 4 is 39.9 Å². The molecule has 2 aromatic carbocycles. The third kappa shape index (κ3) is 4.23. The van der Waals surface area contributed by atoms with E-state index in [9.17, 15) is 14.4 Å². The Morgan fingerprint density at radius 1 is 1.21 bits per heavy atom. The maximum atomic E-state index is 12.3. The van der Waals surface area contributed by atoms with Crippen LogP contribution in [0.25, 0.3) is 6.08 Å². The highest BCUT2D eigenvalue weighted by atomic mass is 79.9. The molecule has 8 heteroatoms. The second kappa shape index (κ2) is 8.26. The van der Waals surface area contributed by atoms with Crippen LogP contribution in [0.2, 0.25) is 0 Å². The lowest BCUT2D eigenvalue weighted by molar-refractivity contribution is -0.122. The van der Waals surface area contributed by atoms with Crippen LogP contribution >= 0.6 is 15.9 Å². The number of ether oxygens (including phenoxy) is 1. The van der Waals surface area contributed by atoms with Gasteiger partial charge in [-0.3, -0.25) is 9.69 Å². The first-order valence-electron chi connectivity index (χ1n) is 8.48. The summed E-state index contributed by atoms with van der Waals surface area (Å²) in [5.74, 6) is -0.851. The number of carbonyl (C=O) groups is 3. The Morgan fingerprint density at radius 3 is 2.54 bits per heavy atom. The summed E-state index contributed by atoms with van der Waals surface area (Å²) in [5.41, 5.74) is 1.81. The molecule has 3 rings (SSSR count). The zero-order valence-electron chi connectivity index (χ0n) is 14.9. The Morgan fingerprint density at radius 2 is 1.93 bits per heavy atom. The minimum atomic E-state index is -0.987. The lowest BCUT2D eigenvalue weighted by atomic mass is 10.1. The number of hydrogen-bond donors (Lipinski definition) is 2. The van der Waals surface area contributed by atoms with Gasteiger partial charge in [0.25, 0.3) is 5.91 Å². The van der Waals surface area contributed by atoms with Crippen LogP contribution in [0.1, 0.15) is 28.4 Å². The predicted octanol–water partition coefficient (Wildman–Crippen LogP) is 3.64. The average molecular weight is 445 g/mol. The number of hydrogen-bond acceptors (Lipinski definition) is 4. The molecule has 28 heavy (non-hydrogen) atoms. The predicted molar refractivity (Wildman–Crippen MR) is 106 cm³/mol. The van der Waals surface area contributed by atoms with E-state index in [1.807, 2.05) is 0 Å². The molecule has 2 aromatic rings. The van der Waals surface area contributed by atoms with Crippen molar-refractivity contribution < 1.29 is 24.2 Å². The first kappa shape index (κ1) is 19.6. The number of nitrogens with one attached hydrogen (secondary N) is 1. The molecule has 0 unspecified atom stereocenters. The van der Waals surface area contributed by atoms with E-state index in [4.69, 9.17) is 9.84 Å². The van der Waals surface area contributed by atoms with Gasteiger partial charge in [-0.2, -0.15) is 0 Å². The Kier molecular flexibility index (Phi) is 5.79. The monoisotopic (exact) mass is 444 g/mol. The van der Waals surface area contributed by atoms with Crippen molar-refractivity contribution in [1.29, 1.82) is 0 Å². The van der Waals surface area contributed by atoms with Gasteiger partial charge in [-0.15, -0.1) is 0 Å². The summed E-state index contributed by atoms with van der Waals surface area (Å²) in [5, 5.41) is 11.5. The number of imide groups is 1. The fraction of sp³-hybridized carbons (Fsp3) is 0.150. The molecule has 2 N–H and O–H groups in total. The zero-order chi connectivity index (χ0) is 20.3. The van der Waals surface area contributed by atoms with E-state index >= 15 is 0 Å². The summed E-state index contributed by atoms with van der Waals surface area (Å²) in [6.45, 7) is 2.24. The number of halogens is 1. The number of aromatic carboxylic acids is 1. The van der Waals surface area contributed by atoms with Crippen LogP contribution in [0, 0.1) is 0 Å². The summed E-state index contributed by atoms with van der Waals surface area (Å²) in [7, 11) is 0. The Balaban J connectivity index is 1.81. The summed E-state index contributed by atoms with van der Waals surface area (Å²) in [4.78, 5) is 36.2. The van der Waals surface area contributed by atoms with Crippen molar-refractivity contribution in [1.82, 2.24) is 10.2 Å². The number of carbonyl (C=O) groups excluding carboxylic acids is 2. The van der Waals surface area contributed by atoms with Crippen molar-refractivity contribution in [2.24, 2.45) is 0 Å². The summed E-state index contributed by atoms with van der Waals surface area (Å²) in [6.07, 6.45) is 1.57. The van der Waals surface area contributed by atoms with Crippen LogP contribution in [0.5, 0.6) is 5.75 Å². The van der Waals surface area contributed by atoms with Gasteiger partial charge in [0.15, 0.2) is 0 Å². The lowest BCUT2D eigenvalue weighted by Gasteiger charge is -2.11. The van der Waals surface area contributed by atoms with Gasteiger partial charge in [-0.05, 0) is 48.9 Å². The average Bonchev–Trinajstić information content (AvgIpc) is 2.94. The summed E-state index contributed by atoms with van der Waals surface area (Å²) >= 11 is 3.39. The van der Waals surface area contributed by atoms with E-state index in [0.29, 0.717) is 11.3 Å². The molecule has 0 atom stereocenters. The quantitative estimate of drug-likeness (QED) is 0.523. The van der Waals surface area contributed by atoms with E-state index in [1.54, 1.807) is 43.3 Å². The third-order valence-electron chi connectivity index (χ3n) is 4.15. The molecular weight excluding hydrogens is 428 g/mol. The zero-order valence-corrected chi connectivity index (χ0v) is 16.5. The number of likely N-dealkylation sites (N-methyl/N-ethyl adjacent to an activating group) is 1. The molecule has 3 amide bonds. The van der Waals surface area contributed by atoms with Crippen LogP contribution in [-0.2, 0) is 11.4 Å². The molecule has 144 valence electrons. The molecule has 0 aliphatic carbocycles. The van der Waals surface area contributed by atoms with Gasteiger partial charge < -0.3 is 15.2 Å². The second-order valence-corrected chi connectivity index (χ2v) is 6.93. The molecule has 1 aliphatic heterocycles. The van der Waals surface area contributed by atoms with Crippen molar-refractivity contribution in [2.75, 3.05) is 6.54 Å². The molecule has 7 nitrogen and oxygen atoms in total. The highest BCUT2D eigenvalue weighted by molar-refractivity contribution is 9.10. The Labute approximate surface area is 169 Å². The first-order valence-corrected chi connectivity index (χ1v) is 9.27. The molecular formula is C20H17BrN2O5. The molecule has 0 aromatic heterocycles. The molecule has 0 spiro atoms. The number of carboxylic acid groups (broad SMARTS) is 1. The molecule has 1 aliphatic rings. The van der Waals surface area contributed by atoms with Crippen molar-refractivity contribution in [3.8, 4) is 5.75 Å². The van der Waals surface area contributed by atoms with Crippen LogP contribution in [-0.4, -0.2) is 34.5 Å². The largest absolute Gasteiger partial charge is 0.488 e. The van der Waals surface area contributed by atoms with Gasteiger partial charge in [0.2, 0.25) is 0 Å². The van der Waals surface area contributed by atoms with E-state index < -0.39 is 12.0 Å². The molecule has 0 saturated carbocycles. The van der Waals surface area contributed by atoms with Gasteiger partial charge in [0.05, 0.1) is 5.56 Å². The maximum Gasteiger partial charge on any atom is 0.335 e. The normalized spacial score (nSPS) is 15.1. The molecule has 1 heterocycles. The summed E-state index contributed by atoms with van der Waals surface area (Å²) < 4.78 is 6.65. The molecule has 1 fully saturated rings. The number of rotatable bonds is 6. The third-order valence-corrected chi connectivity index (χ3v) is 4.64. The topological polar surface area (TPSA) is 95.9 Å². The van der Waals surface area contributed by atoms with Crippen molar-refractivity contribution in [3.05, 3.63) is 69.3 Å². The highest BCUT2D eigenvalue weighted by Crippen LogP contribution is 2.27. The summed E-state index contributed by atoms with van der Waals surface area (Å²) in [6, 6.07) is 11.3. The Bertz CT molecular complexity index is 969. The SMILES string of the molecule is CCN1C(=O)N/C(=C\c2cc(Br)ccc2OCc2ccc(C(=O)O)cc2)C1=O. The van der Waals surface area contributed by atoms with Gasteiger partial charge in [0, 0.05) is 16.6 Å². The fourth-order valence-electron chi connectivity index (χ4n) is 2.68. The lowest BCUT2D eigenvalue weighted by Crippen LogP contribution is -2.30. The molecule has 1 saturated heterocycles. The van der Waals surface area contributed by atoms with E-state index in [2.05, 4.69) is 21.2 Å².